The van der Waals surface area contributed by atoms with Crippen LogP contribution in [-0.2, 0) is 4.74 Å². The first-order chi connectivity index (χ1) is 9.20. The lowest BCUT2D eigenvalue weighted by Crippen LogP contribution is -2.23. The van der Waals surface area contributed by atoms with E-state index in [1.165, 1.54) is 22.0 Å². The number of halogens is 2. The predicted molar refractivity (Wildman–Crippen MR) is 88.8 cm³/mol. The third kappa shape index (κ3) is 4.59. The van der Waals surface area contributed by atoms with Gasteiger partial charge >= 0.3 is 0 Å². The molecule has 0 amide bonds. The van der Waals surface area contributed by atoms with E-state index in [-0.39, 0.29) is 0 Å². The topological polar surface area (TPSA) is 21.3 Å². The highest BCUT2D eigenvalue weighted by atomic mass is 127. The maximum atomic E-state index is 6.13. The van der Waals surface area contributed by atoms with Crippen molar-refractivity contribution >= 4 is 34.2 Å². The van der Waals surface area contributed by atoms with E-state index in [9.17, 15) is 0 Å². The second-order valence-corrected chi connectivity index (χ2v) is 6.59. The monoisotopic (exact) mass is 393 g/mol. The van der Waals surface area contributed by atoms with Crippen molar-refractivity contribution in [2.75, 3.05) is 13.2 Å². The third-order valence-electron chi connectivity index (χ3n) is 3.59. The van der Waals surface area contributed by atoms with Gasteiger partial charge in [0, 0.05) is 21.2 Å². The zero-order chi connectivity index (χ0) is 13.7. The highest BCUT2D eigenvalue weighted by Crippen LogP contribution is 2.29. The summed E-state index contributed by atoms with van der Waals surface area (Å²) < 4.78 is 6.99. The summed E-state index contributed by atoms with van der Waals surface area (Å²) in [6.45, 7) is 4.06. The Bertz CT molecular complexity index is 407. The molecule has 0 aliphatic carbocycles. The molecule has 2 atom stereocenters. The lowest BCUT2D eigenvalue weighted by molar-refractivity contribution is 0.0996. The van der Waals surface area contributed by atoms with Gasteiger partial charge in [-0.2, -0.15) is 0 Å². The lowest BCUT2D eigenvalue weighted by atomic mass is 9.99. The maximum Gasteiger partial charge on any atom is 0.0576 e. The Morgan fingerprint density at radius 2 is 2.37 bits per heavy atom. The zero-order valence-corrected chi connectivity index (χ0v) is 14.2. The molecule has 0 saturated carbocycles. The molecule has 1 fully saturated rings. The Kier molecular flexibility index (Phi) is 6.39. The normalized spacial score (nSPS) is 20.7. The van der Waals surface area contributed by atoms with Crippen molar-refractivity contribution in [1.29, 1.82) is 0 Å². The Balaban J connectivity index is 2.03. The van der Waals surface area contributed by atoms with Crippen LogP contribution in [0.25, 0.3) is 0 Å². The first kappa shape index (κ1) is 15.5. The van der Waals surface area contributed by atoms with E-state index in [2.05, 4.69) is 47.0 Å². The minimum atomic E-state index is 0.375. The average molecular weight is 394 g/mol. The van der Waals surface area contributed by atoms with Crippen molar-refractivity contribution in [3.8, 4) is 0 Å². The van der Waals surface area contributed by atoms with Gasteiger partial charge in [-0.15, -0.1) is 0 Å². The lowest BCUT2D eigenvalue weighted by Gasteiger charge is -2.21. The summed E-state index contributed by atoms with van der Waals surface area (Å²) >= 11 is 8.52. The minimum absolute atomic E-state index is 0.375. The van der Waals surface area contributed by atoms with Crippen molar-refractivity contribution < 1.29 is 4.74 Å². The minimum Gasteiger partial charge on any atom is -0.378 e. The summed E-state index contributed by atoms with van der Waals surface area (Å²) in [6.07, 6.45) is 5.12. The first-order valence-electron chi connectivity index (χ1n) is 7.00. The Morgan fingerprint density at radius 1 is 1.53 bits per heavy atom. The fraction of sp³-hybridized carbons (Fsp3) is 0.600. The molecule has 1 aromatic carbocycles. The van der Waals surface area contributed by atoms with Crippen LogP contribution < -0.4 is 5.32 Å². The molecule has 1 aromatic rings. The molecule has 0 spiro atoms. The van der Waals surface area contributed by atoms with Crippen molar-refractivity contribution in [2.45, 2.75) is 44.8 Å². The van der Waals surface area contributed by atoms with Gasteiger partial charge in [0.25, 0.3) is 0 Å². The second-order valence-electron chi connectivity index (χ2n) is 4.99. The van der Waals surface area contributed by atoms with Gasteiger partial charge in [-0.1, -0.05) is 18.5 Å². The van der Waals surface area contributed by atoms with Gasteiger partial charge in [0.05, 0.1) is 6.10 Å². The van der Waals surface area contributed by atoms with Crippen LogP contribution in [0.4, 0.5) is 0 Å². The highest BCUT2D eigenvalue weighted by molar-refractivity contribution is 14.1. The molecular weight excluding hydrogens is 373 g/mol. The summed E-state index contributed by atoms with van der Waals surface area (Å²) in [7, 11) is 0. The summed E-state index contributed by atoms with van der Waals surface area (Å²) in [4.78, 5) is 0. The van der Waals surface area contributed by atoms with Gasteiger partial charge in [-0.05, 0) is 78.6 Å². The van der Waals surface area contributed by atoms with Gasteiger partial charge in [0.1, 0.15) is 0 Å². The quantitative estimate of drug-likeness (QED) is 0.716. The second kappa shape index (κ2) is 7.81. The van der Waals surface area contributed by atoms with Gasteiger partial charge < -0.3 is 10.1 Å². The fourth-order valence-electron chi connectivity index (χ4n) is 2.62. The Labute approximate surface area is 134 Å². The molecule has 1 heterocycles. The molecule has 2 nitrogen and oxygen atoms in total. The van der Waals surface area contributed by atoms with Crippen molar-refractivity contribution in [3.05, 3.63) is 32.4 Å². The summed E-state index contributed by atoms with van der Waals surface area (Å²) in [5.41, 5.74) is 1.31. The maximum absolute atomic E-state index is 6.13. The number of rotatable bonds is 6. The zero-order valence-electron chi connectivity index (χ0n) is 11.3. The molecule has 2 rings (SSSR count). The number of hydrogen-bond acceptors (Lipinski definition) is 2. The van der Waals surface area contributed by atoms with Crippen LogP contribution in [-0.4, -0.2) is 19.3 Å². The van der Waals surface area contributed by atoms with Crippen LogP contribution in [0.2, 0.25) is 5.02 Å². The van der Waals surface area contributed by atoms with Crippen LogP contribution in [0.3, 0.4) is 0 Å². The molecule has 0 bridgehead atoms. The largest absolute Gasteiger partial charge is 0.378 e. The summed E-state index contributed by atoms with van der Waals surface area (Å²) in [6, 6.07) is 6.51. The van der Waals surface area contributed by atoms with E-state index in [0.717, 1.165) is 31.0 Å². The molecular formula is C15H21ClINO. The molecule has 19 heavy (non-hydrogen) atoms. The summed E-state index contributed by atoms with van der Waals surface area (Å²) in [5, 5.41) is 4.39. The number of hydrogen-bond donors (Lipinski definition) is 1. The standard InChI is InChI=1S/C15H21ClINO/c1-2-18-15(8-6-12-4-3-9-19-12)13-10-11(16)5-7-14(13)17/h5,7,10,12,15,18H,2-4,6,8-9H2,1H3. The van der Waals surface area contributed by atoms with Crippen LogP contribution in [0.1, 0.15) is 44.2 Å². The molecule has 106 valence electrons. The molecule has 1 N–H and O–H groups in total. The number of benzene rings is 1. The Morgan fingerprint density at radius 3 is 3.05 bits per heavy atom. The molecule has 1 aliphatic rings. The van der Waals surface area contributed by atoms with Crippen molar-refractivity contribution in [1.82, 2.24) is 5.32 Å². The van der Waals surface area contributed by atoms with E-state index in [0.29, 0.717) is 12.1 Å². The van der Waals surface area contributed by atoms with E-state index in [1.54, 1.807) is 0 Å². The number of ether oxygens (including phenoxy) is 1. The van der Waals surface area contributed by atoms with E-state index in [1.807, 2.05) is 6.07 Å². The predicted octanol–water partition coefficient (Wildman–Crippen LogP) is 4.55. The molecule has 4 heteroatoms. The van der Waals surface area contributed by atoms with Crippen LogP contribution >= 0.6 is 34.2 Å². The summed E-state index contributed by atoms with van der Waals surface area (Å²) in [5.74, 6) is 0. The van der Waals surface area contributed by atoms with Crippen molar-refractivity contribution in [3.63, 3.8) is 0 Å². The average Bonchev–Trinajstić information content (AvgIpc) is 2.91. The molecule has 1 saturated heterocycles. The van der Waals surface area contributed by atoms with Gasteiger partial charge in [-0.3, -0.25) is 0 Å². The van der Waals surface area contributed by atoms with E-state index < -0.39 is 0 Å². The van der Waals surface area contributed by atoms with Crippen LogP contribution in [0.5, 0.6) is 0 Å². The highest BCUT2D eigenvalue weighted by Gasteiger charge is 2.19. The molecule has 0 aromatic heterocycles. The van der Waals surface area contributed by atoms with Gasteiger partial charge in [-0.25, -0.2) is 0 Å². The molecule has 1 aliphatic heterocycles. The first-order valence-corrected chi connectivity index (χ1v) is 8.46. The third-order valence-corrected chi connectivity index (χ3v) is 4.80. The van der Waals surface area contributed by atoms with Crippen molar-refractivity contribution in [2.24, 2.45) is 0 Å². The van der Waals surface area contributed by atoms with Crippen LogP contribution in [0.15, 0.2) is 18.2 Å². The van der Waals surface area contributed by atoms with E-state index in [4.69, 9.17) is 16.3 Å². The molecule has 0 radical (unpaired) electrons. The fourth-order valence-corrected chi connectivity index (χ4v) is 3.51. The Hall–Kier alpha value is 0.160. The smallest absolute Gasteiger partial charge is 0.0576 e. The SMILES string of the molecule is CCNC(CCC1CCCO1)c1cc(Cl)ccc1I. The van der Waals surface area contributed by atoms with Gasteiger partial charge in [0.15, 0.2) is 0 Å². The molecule has 2 unspecified atom stereocenters. The van der Waals surface area contributed by atoms with Crippen LogP contribution in [0, 0.1) is 3.57 Å². The van der Waals surface area contributed by atoms with E-state index >= 15 is 0 Å². The van der Waals surface area contributed by atoms with Gasteiger partial charge in [0.2, 0.25) is 0 Å². The number of nitrogens with one attached hydrogen (secondary N) is 1.